The summed E-state index contributed by atoms with van der Waals surface area (Å²) >= 11 is 0. The molecule has 0 aliphatic carbocycles. The molecule has 2 fully saturated rings. The number of benzene rings is 1. The van der Waals surface area contributed by atoms with Gasteiger partial charge in [-0.3, -0.25) is 4.79 Å². The summed E-state index contributed by atoms with van der Waals surface area (Å²) in [6.45, 7) is 2.66. The van der Waals surface area contributed by atoms with Crippen molar-refractivity contribution in [3.8, 4) is 0 Å². The Labute approximate surface area is 138 Å². The van der Waals surface area contributed by atoms with Gasteiger partial charge in [-0.2, -0.15) is 0 Å². The van der Waals surface area contributed by atoms with Crippen molar-refractivity contribution in [2.24, 2.45) is 5.92 Å². The minimum Gasteiger partial charge on any atom is -0.371 e. The third-order valence-corrected chi connectivity index (χ3v) is 6.57. The lowest BCUT2D eigenvalue weighted by molar-refractivity contribution is -0.133. The van der Waals surface area contributed by atoms with Crippen molar-refractivity contribution in [2.75, 3.05) is 36.5 Å². The summed E-state index contributed by atoms with van der Waals surface area (Å²) in [5.74, 6) is -0.280. The third-order valence-electron chi connectivity index (χ3n) is 4.80. The number of nitrogens with zero attached hydrogens (tertiary/aromatic N) is 2. The monoisotopic (exact) mass is 336 g/mol. The predicted octanol–water partition coefficient (Wildman–Crippen LogP) is 1.68. The van der Waals surface area contributed by atoms with Crippen molar-refractivity contribution in [3.63, 3.8) is 0 Å². The molecule has 126 valence electrons. The summed E-state index contributed by atoms with van der Waals surface area (Å²) in [4.78, 5) is 16.6. The third kappa shape index (κ3) is 3.68. The van der Waals surface area contributed by atoms with Crippen LogP contribution in [-0.2, 0) is 21.2 Å². The van der Waals surface area contributed by atoms with E-state index < -0.39 is 9.84 Å². The first-order chi connectivity index (χ1) is 11.0. The van der Waals surface area contributed by atoms with Crippen LogP contribution in [0.4, 0.5) is 5.69 Å². The number of sulfone groups is 1. The molecule has 2 aliphatic rings. The first kappa shape index (κ1) is 16.3. The molecule has 5 nitrogen and oxygen atoms in total. The molecular weight excluding hydrogens is 312 g/mol. The second-order valence-electron chi connectivity index (χ2n) is 6.62. The molecule has 0 saturated carbocycles. The summed E-state index contributed by atoms with van der Waals surface area (Å²) in [6.07, 6.45) is 2.88. The minimum atomic E-state index is -3.02. The van der Waals surface area contributed by atoms with E-state index in [4.69, 9.17) is 0 Å². The summed E-state index contributed by atoms with van der Waals surface area (Å²) in [6, 6.07) is 8.19. The maximum Gasteiger partial charge on any atom is 0.226 e. The zero-order valence-corrected chi connectivity index (χ0v) is 14.4. The lowest BCUT2D eigenvalue weighted by atomic mass is 10.1. The van der Waals surface area contributed by atoms with Crippen LogP contribution in [0.15, 0.2) is 24.3 Å². The summed E-state index contributed by atoms with van der Waals surface area (Å²) in [5, 5.41) is 0. The SMILES string of the molecule is CN(Cc1ccccc1N1CCCC1)C(=O)C1CCS(=O)(=O)C1. The largest absolute Gasteiger partial charge is 0.371 e. The molecule has 2 heterocycles. The van der Waals surface area contributed by atoms with Gasteiger partial charge in [0.2, 0.25) is 5.91 Å². The number of anilines is 1. The smallest absolute Gasteiger partial charge is 0.226 e. The van der Waals surface area contributed by atoms with Gasteiger partial charge in [0.1, 0.15) is 0 Å². The first-order valence-electron chi connectivity index (χ1n) is 8.24. The van der Waals surface area contributed by atoms with Crippen molar-refractivity contribution < 1.29 is 13.2 Å². The lowest BCUT2D eigenvalue weighted by Crippen LogP contribution is -2.33. The molecule has 2 saturated heterocycles. The number of carbonyl (C=O) groups excluding carboxylic acids is 1. The molecule has 3 rings (SSSR count). The average Bonchev–Trinajstić information content (AvgIpc) is 3.16. The standard InChI is InChI=1S/C17H24N2O3S/c1-18(17(20)15-8-11-23(21,22)13-15)12-14-6-2-3-7-16(14)19-9-4-5-10-19/h2-3,6-7,15H,4-5,8-13H2,1H3. The predicted molar refractivity (Wildman–Crippen MR) is 91.1 cm³/mol. The molecule has 23 heavy (non-hydrogen) atoms. The Hall–Kier alpha value is -1.56. The zero-order chi connectivity index (χ0) is 16.4. The minimum absolute atomic E-state index is 0.00391. The van der Waals surface area contributed by atoms with Gasteiger partial charge in [-0.15, -0.1) is 0 Å². The van der Waals surface area contributed by atoms with Gasteiger partial charge in [-0.25, -0.2) is 8.42 Å². The number of para-hydroxylation sites is 1. The highest BCUT2D eigenvalue weighted by Gasteiger charge is 2.34. The highest BCUT2D eigenvalue weighted by Crippen LogP contribution is 2.27. The van der Waals surface area contributed by atoms with Gasteiger partial charge in [-0.05, 0) is 30.9 Å². The van der Waals surface area contributed by atoms with Crippen LogP contribution in [-0.4, -0.2) is 50.9 Å². The molecule has 0 radical (unpaired) electrons. The second-order valence-corrected chi connectivity index (χ2v) is 8.85. The molecular formula is C17H24N2O3S. The van der Waals surface area contributed by atoms with E-state index in [-0.39, 0.29) is 23.3 Å². The maximum absolute atomic E-state index is 12.5. The number of carbonyl (C=O) groups is 1. The average molecular weight is 336 g/mol. The number of rotatable bonds is 4. The molecule has 0 spiro atoms. The Morgan fingerprint density at radius 2 is 1.96 bits per heavy atom. The lowest BCUT2D eigenvalue weighted by Gasteiger charge is -2.25. The van der Waals surface area contributed by atoms with Gasteiger partial charge >= 0.3 is 0 Å². The van der Waals surface area contributed by atoms with Crippen LogP contribution < -0.4 is 4.90 Å². The first-order valence-corrected chi connectivity index (χ1v) is 10.1. The van der Waals surface area contributed by atoms with Gasteiger partial charge in [0, 0.05) is 32.4 Å². The van der Waals surface area contributed by atoms with Crippen LogP contribution >= 0.6 is 0 Å². The fourth-order valence-electron chi connectivity index (χ4n) is 3.55. The molecule has 1 unspecified atom stereocenters. The van der Waals surface area contributed by atoms with E-state index in [9.17, 15) is 13.2 Å². The van der Waals surface area contributed by atoms with E-state index in [1.165, 1.54) is 18.5 Å². The van der Waals surface area contributed by atoms with Gasteiger partial charge in [0.15, 0.2) is 9.84 Å². The highest BCUT2D eigenvalue weighted by molar-refractivity contribution is 7.91. The molecule has 0 bridgehead atoms. The van der Waals surface area contributed by atoms with Crippen LogP contribution in [0.1, 0.15) is 24.8 Å². The van der Waals surface area contributed by atoms with E-state index in [2.05, 4.69) is 17.0 Å². The van der Waals surface area contributed by atoms with Crippen molar-refractivity contribution in [1.29, 1.82) is 0 Å². The van der Waals surface area contributed by atoms with Crippen LogP contribution in [0, 0.1) is 5.92 Å². The molecule has 0 aromatic heterocycles. The molecule has 6 heteroatoms. The quantitative estimate of drug-likeness (QED) is 0.839. The van der Waals surface area contributed by atoms with Crippen molar-refractivity contribution >= 4 is 21.4 Å². The van der Waals surface area contributed by atoms with E-state index in [0.29, 0.717) is 13.0 Å². The Balaban J connectivity index is 1.70. The zero-order valence-electron chi connectivity index (χ0n) is 13.6. The summed E-state index contributed by atoms with van der Waals surface area (Å²) < 4.78 is 23.2. The topological polar surface area (TPSA) is 57.7 Å². The Morgan fingerprint density at radius 3 is 2.61 bits per heavy atom. The van der Waals surface area contributed by atoms with Gasteiger partial charge < -0.3 is 9.80 Å². The molecule has 1 aromatic carbocycles. The molecule has 1 amide bonds. The van der Waals surface area contributed by atoms with Crippen molar-refractivity contribution in [1.82, 2.24) is 4.90 Å². The fraction of sp³-hybridized carbons (Fsp3) is 0.588. The van der Waals surface area contributed by atoms with Gasteiger partial charge in [-0.1, -0.05) is 18.2 Å². The molecule has 0 N–H and O–H groups in total. The van der Waals surface area contributed by atoms with E-state index in [1.807, 2.05) is 12.1 Å². The summed E-state index contributed by atoms with van der Waals surface area (Å²) in [5.41, 5.74) is 2.33. The second kappa shape index (κ2) is 6.51. The van der Waals surface area contributed by atoms with Crippen LogP contribution in [0.25, 0.3) is 0 Å². The van der Waals surface area contributed by atoms with Crippen LogP contribution in [0.2, 0.25) is 0 Å². The highest BCUT2D eigenvalue weighted by atomic mass is 32.2. The maximum atomic E-state index is 12.5. The van der Waals surface area contributed by atoms with E-state index >= 15 is 0 Å². The number of hydrogen-bond acceptors (Lipinski definition) is 4. The van der Waals surface area contributed by atoms with Crippen LogP contribution in [0.3, 0.4) is 0 Å². The normalized spacial score (nSPS) is 23.2. The number of amides is 1. The Kier molecular flexibility index (Phi) is 4.62. The van der Waals surface area contributed by atoms with Crippen LogP contribution in [0.5, 0.6) is 0 Å². The Morgan fingerprint density at radius 1 is 1.26 bits per heavy atom. The molecule has 1 aromatic rings. The molecule has 2 aliphatic heterocycles. The van der Waals surface area contributed by atoms with Gasteiger partial charge in [0.25, 0.3) is 0 Å². The fourth-order valence-corrected chi connectivity index (χ4v) is 5.28. The van der Waals surface area contributed by atoms with E-state index in [1.54, 1.807) is 11.9 Å². The number of hydrogen-bond donors (Lipinski definition) is 0. The molecule has 1 atom stereocenters. The summed E-state index contributed by atoms with van der Waals surface area (Å²) in [7, 11) is -1.25. The Bertz CT molecular complexity index is 681. The van der Waals surface area contributed by atoms with Crippen molar-refractivity contribution in [3.05, 3.63) is 29.8 Å². The van der Waals surface area contributed by atoms with Gasteiger partial charge in [0.05, 0.1) is 17.4 Å². The van der Waals surface area contributed by atoms with Crippen molar-refractivity contribution in [2.45, 2.75) is 25.8 Å². The van der Waals surface area contributed by atoms with E-state index in [0.717, 1.165) is 18.7 Å².